The normalized spacial score (nSPS) is 48.4. The number of fused-ring (bicyclic) bond motifs is 3. The quantitative estimate of drug-likeness (QED) is 0.568. The summed E-state index contributed by atoms with van der Waals surface area (Å²) in [6.45, 7) is 11.9. The molecular weight excluding hydrogens is 368 g/mol. The van der Waals surface area contributed by atoms with Gasteiger partial charge in [-0.2, -0.15) is 0 Å². The zero-order valence-corrected chi connectivity index (χ0v) is 18.3. The maximum atomic E-state index is 12.1. The molecule has 0 aromatic heterocycles. The number of carbonyl (C=O) groups is 2. The maximum absolute atomic E-state index is 12.1. The summed E-state index contributed by atoms with van der Waals surface area (Å²) in [6, 6.07) is 0. The minimum absolute atomic E-state index is 0.0262. The zero-order chi connectivity index (χ0) is 21.2. The second-order valence-corrected chi connectivity index (χ2v) is 10.8. The molecule has 0 radical (unpaired) electrons. The first-order chi connectivity index (χ1) is 13.5. The van der Waals surface area contributed by atoms with Gasteiger partial charge in [-0.25, -0.2) is 0 Å². The first-order valence-electron chi connectivity index (χ1n) is 11.2. The smallest absolute Gasteiger partial charge is 0.302 e. The van der Waals surface area contributed by atoms with E-state index in [-0.39, 0.29) is 41.4 Å². The Bertz CT molecular complexity index is 731. The molecule has 4 rings (SSSR count). The lowest BCUT2D eigenvalue weighted by atomic mass is 9.40. The van der Waals surface area contributed by atoms with E-state index in [0.29, 0.717) is 11.8 Å². The van der Waals surface area contributed by atoms with Crippen molar-refractivity contribution in [3.05, 3.63) is 12.2 Å². The van der Waals surface area contributed by atoms with Crippen molar-refractivity contribution in [2.45, 2.75) is 84.8 Å². The Labute approximate surface area is 174 Å². The van der Waals surface area contributed by atoms with Gasteiger partial charge in [-0.15, -0.1) is 0 Å². The standard InChI is InChI=1S/C24H36O5/c1-14-11-24-12-17(14)6-7-18(24)22(4)9-8-20(27)23(5,13-28-15(2)25)19(22)10-21(24)29-16(3)26/h17-21,27H,1,6-13H2,2-5H3/t17-,18+,19+,20-,21+,22+,23-,24+/m1/s1. The van der Waals surface area contributed by atoms with E-state index < -0.39 is 11.5 Å². The second-order valence-electron chi connectivity index (χ2n) is 10.8. The van der Waals surface area contributed by atoms with Crippen molar-refractivity contribution in [2.24, 2.45) is 34.0 Å². The van der Waals surface area contributed by atoms with Crippen molar-refractivity contribution in [2.75, 3.05) is 6.61 Å². The lowest BCUT2D eigenvalue weighted by molar-refractivity contribution is -0.239. The third-order valence-corrected chi connectivity index (χ3v) is 9.35. The monoisotopic (exact) mass is 404 g/mol. The molecule has 1 spiro atoms. The van der Waals surface area contributed by atoms with Gasteiger partial charge in [0.25, 0.3) is 0 Å². The molecule has 4 fully saturated rings. The van der Waals surface area contributed by atoms with Gasteiger partial charge in [0, 0.05) is 24.7 Å². The van der Waals surface area contributed by atoms with E-state index in [4.69, 9.17) is 9.47 Å². The third kappa shape index (κ3) is 2.98. The largest absolute Gasteiger partial charge is 0.465 e. The highest BCUT2D eigenvalue weighted by Crippen LogP contribution is 2.72. The Kier molecular flexibility index (Phi) is 4.92. The van der Waals surface area contributed by atoms with Gasteiger partial charge in [-0.05, 0) is 68.1 Å². The number of aliphatic hydroxyl groups is 1. The van der Waals surface area contributed by atoms with E-state index >= 15 is 0 Å². The fourth-order valence-electron chi connectivity index (χ4n) is 8.09. The molecule has 5 nitrogen and oxygen atoms in total. The van der Waals surface area contributed by atoms with Crippen molar-refractivity contribution >= 4 is 11.9 Å². The number of ether oxygens (including phenoxy) is 2. The number of allylic oxidation sites excluding steroid dienone is 1. The van der Waals surface area contributed by atoms with Crippen LogP contribution in [0.15, 0.2) is 12.2 Å². The molecule has 0 unspecified atom stereocenters. The molecule has 4 aliphatic carbocycles. The molecule has 4 saturated carbocycles. The molecule has 0 aromatic rings. The summed E-state index contributed by atoms with van der Waals surface area (Å²) >= 11 is 0. The highest BCUT2D eigenvalue weighted by molar-refractivity contribution is 5.66. The lowest BCUT2D eigenvalue weighted by Gasteiger charge is -2.66. The summed E-state index contributed by atoms with van der Waals surface area (Å²) in [4.78, 5) is 23.6. The Morgan fingerprint density at radius 1 is 1.14 bits per heavy atom. The summed E-state index contributed by atoms with van der Waals surface area (Å²) < 4.78 is 11.5. The summed E-state index contributed by atoms with van der Waals surface area (Å²) in [7, 11) is 0. The van der Waals surface area contributed by atoms with E-state index in [1.165, 1.54) is 19.4 Å². The van der Waals surface area contributed by atoms with Crippen LogP contribution in [0.4, 0.5) is 0 Å². The molecule has 0 saturated heterocycles. The summed E-state index contributed by atoms with van der Waals surface area (Å²) in [6.07, 6.45) is 6.02. The molecule has 5 heteroatoms. The number of aliphatic hydroxyl groups excluding tert-OH is 1. The van der Waals surface area contributed by atoms with Crippen LogP contribution in [0, 0.1) is 34.0 Å². The lowest BCUT2D eigenvalue weighted by Crippen LogP contribution is -2.65. The minimum Gasteiger partial charge on any atom is -0.465 e. The van der Waals surface area contributed by atoms with Gasteiger partial charge >= 0.3 is 11.9 Å². The van der Waals surface area contributed by atoms with Crippen LogP contribution in [0.3, 0.4) is 0 Å². The molecule has 8 atom stereocenters. The van der Waals surface area contributed by atoms with Gasteiger partial charge in [0.05, 0.1) is 12.7 Å². The molecule has 1 N–H and O–H groups in total. The Morgan fingerprint density at radius 2 is 1.86 bits per heavy atom. The van der Waals surface area contributed by atoms with Gasteiger partial charge in [0.15, 0.2) is 0 Å². The average Bonchev–Trinajstić information content (AvgIpc) is 2.89. The van der Waals surface area contributed by atoms with Crippen molar-refractivity contribution in [1.29, 1.82) is 0 Å². The van der Waals surface area contributed by atoms with Crippen LogP contribution in [0.1, 0.15) is 72.6 Å². The number of carbonyl (C=O) groups excluding carboxylic acids is 2. The predicted molar refractivity (Wildman–Crippen MR) is 109 cm³/mol. The van der Waals surface area contributed by atoms with Gasteiger partial charge < -0.3 is 14.6 Å². The summed E-state index contributed by atoms with van der Waals surface area (Å²) in [5.74, 6) is 0.554. The predicted octanol–water partition coefficient (Wildman–Crippen LogP) is 4.03. The number of hydrogen-bond donors (Lipinski definition) is 1. The summed E-state index contributed by atoms with van der Waals surface area (Å²) in [5, 5.41) is 11.0. The number of hydrogen-bond acceptors (Lipinski definition) is 5. The number of rotatable bonds is 3. The van der Waals surface area contributed by atoms with Crippen LogP contribution in [0.25, 0.3) is 0 Å². The van der Waals surface area contributed by atoms with E-state index in [9.17, 15) is 14.7 Å². The minimum atomic E-state index is -0.537. The van der Waals surface area contributed by atoms with Gasteiger partial charge in [-0.3, -0.25) is 9.59 Å². The van der Waals surface area contributed by atoms with Crippen molar-refractivity contribution < 1.29 is 24.2 Å². The Morgan fingerprint density at radius 3 is 2.52 bits per heavy atom. The molecule has 0 aromatic carbocycles. The van der Waals surface area contributed by atoms with Crippen LogP contribution in [-0.4, -0.2) is 35.9 Å². The molecule has 2 bridgehead atoms. The first-order valence-corrected chi connectivity index (χ1v) is 11.2. The molecule has 0 amide bonds. The molecule has 162 valence electrons. The van der Waals surface area contributed by atoms with Crippen molar-refractivity contribution in [3.8, 4) is 0 Å². The van der Waals surface area contributed by atoms with Crippen LogP contribution in [0.2, 0.25) is 0 Å². The van der Waals surface area contributed by atoms with Gasteiger partial charge in [0.2, 0.25) is 0 Å². The van der Waals surface area contributed by atoms with E-state index in [0.717, 1.165) is 44.9 Å². The van der Waals surface area contributed by atoms with E-state index in [1.807, 2.05) is 0 Å². The molecule has 0 aliphatic heterocycles. The summed E-state index contributed by atoms with van der Waals surface area (Å²) in [5.41, 5.74) is 0.790. The molecular formula is C24H36O5. The van der Waals surface area contributed by atoms with Gasteiger partial charge in [0.1, 0.15) is 6.10 Å². The highest BCUT2D eigenvalue weighted by Gasteiger charge is 2.69. The van der Waals surface area contributed by atoms with Crippen molar-refractivity contribution in [3.63, 3.8) is 0 Å². The van der Waals surface area contributed by atoms with E-state index in [2.05, 4.69) is 20.4 Å². The number of esters is 2. The molecule has 29 heavy (non-hydrogen) atoms. The Hall–Kier alpha value is -1.36. The zero-order valence-electron chi connectivity index (χ0n) is 18.3. The fraction of sp³-hybridized carbons (Fsp3) is 0.833. The third-order valence-electron chi connectivity index (χ3n) is 9.35. The van der Waals surface area contributed by atoms with Crippen LogP contribution in [0.5, 0.6) is 0 Å². The van der Waals surface area contributed by atoms with Crippen LogP contribution in [-0.2, 0) is 19.1 Å². The molecule has 4 aliphatic rings. The average molecular weight is 405 g/mol. The second kappa shape index (κ2) is 6.83. The molecule has 0 heterocycles. The first kappa shape index (κ1) is 20.9. The van der Waals surface area contributed by atoms with Crippen molar-refractivity contribution in [1.82, 2.24) is 0 Å². The van der Waals surface area contributed by atoms with E-state index in [1.54, 1.807) is 0 Å². The topological polar surface area (TPSA) is 72.8 Å². The maximum Gasteiger partial charge on any atom is 0.302 e. The van der Waals surface area contributed by atoms with Crippen LogP contribution < -0.4 is 0 Å². The fourth-order valence-corrected chi connectivity index (χ4v) is 8.09. The van der Waals surface area contributed by atoms with Gasteiger partial charge in [-0.1, -0.05) is 26.0 Å². The SMILES string of the molecule is C=C1C[C@]23C[C@H]1CC[C@H]2[C@]1(C)CC[C@@H](O)[C@](C)(COC(C)=O)[C@H]1C[C@@H]3OC(C)=O. The van der Waals surface area contributed by atoms with Crippen LogP contribution >= 0.6 is 0 Å². The highest BCUT2D eigenvalue weighted by atomic mass is 16.5. The Balaban J connectivity index is 1.77.